The van der Waals surface area contributed by atoms with E-state index in [1.165, 1.54) is 270 Å². The average molecular weight is 961 g/mol. The number of ether oxygens (including phenoxy) is 1. The molecule has 1 amide bonds. The van der Waals surface area contributed by atoms with Gasteiger partial charge in [-0.25, -0.2) is 0 Å². The van der Waals surface area contributed by atoms with E-state index in [1.54, 1.807) is 0 Å². The van der Waals surface area contributed by atoms with Gasteiger partial charge in [0.15, 0.2) is 0 Å². The van der Waals surface area contributed by atoms with Crippen LogP contribution in [0.3, 0.4) is 0 Å². The first kappa shape index (κ1) is 66.6. The number of unbranched alkanes of at least 4 members (excludes halogenated alkanes) is 45. The number of aliphatic hydroxyl groups is 2. The van der Waals surface area contributed by atoms with E-state index in [0.29, 0.717) is 25.9 Å². The number of carbonyl (C=O) groups excluding carboxylic acids is 2. The molecule has 3 N–H and O–H groups in total. The van der Waals surface area contributed by atoms with Crippen molar-refractivity contribution in [3.63, 3.8) is 0 Å². The Bertz CT molecular complexity index is 1020. The fourth-order valence-electron chi connectivity index (χ4n) is 9.81. The zero-order valence-electron chi connectivity index (χ0n) is 46.1. The number of amides is 1. The van der Waals surface area contributed by atoms with Gasteiger partial charge in [0.05, 0.1) is 25.4 Å². The highest BCUT2D eigenvalue weighted by atomic mass is 16.5. The van der Waals surface area contributed by atoms with Gasteiger partial charge >= 0.3 is 5.97 Å². The van der Waals surface area contributed by atoms with Crippen LogP contribution in [0.4, 0.5) is 0 Å². The normalized spacial score (nSPS) is 12.6. The number of hydrogen-bond donors (Lipinski definition) is 3. The molecule has 2 unspecified atom stereocenters. The summed E-state index contributed by atoms with van der Waals surface area (Å²) in [7, 11) is 0. The lowest BCUT2D eigenvalue weighted by atomic mass is 10.0. The molecule has 0 heterocycles. The maximum absolute atomic E-state index is 12.5. The summed E-state index contributed by atoms with van der Waals surface area (Å²) in [6.45, 7) is 4.97. The second-order valence-electron chi connectivity index (χ2n) is 21.4. The number of nitrogens with one attached hydrogen (secondary N) is 1. The highest BCUT2D eigenvalue weighted by molar-refractivity contribution is 5.76. The molecule has 68 heavy (non-hydrogen) atoms. The molecule has 0 aromatic carbocycles. The van der Waals surface area contributed by atoms with Crippen molar-refractivity contribution < 1.29 is 24.5 Å². The maximum atomic E-state index is 12.5. The van der Waals surface area contributed by atoms with Crippen molar-refractivity contribution >= 4 is 11.9 Å². The zero-order chi connectivity index (χ0) is 49.3. The lowest BCUT2D eigenvalue weighted by Crippen LogP contribution is -2.45. The van der Waals surface area contributed by atoms with Crippen molar-refractivity contribution in [2.45, 2.75) is 360 Å². The molecule has 6 heteroatoms. The predicted molar refractivity (Wildman–Crippen MR) is 297 cm³/mol. The van der Waals surface area contributed by atoms with Gasteiger partial charge in [0.1, 0.15) is 0 Å². The first-order chi connectivity index (χ1) is 33.5. The molecular weight excluding hydrogens is 839 g/mol. The van der Waals surface area contributed by atoms with E-state index in [9.17, 15) is 19.8 Å². The van der Waals surface area contributed by atoms with Gasteiger partial charge in [-0.15, -0.1) is 0 Å². The summed E-state index contributed by atoms with van der Waals surface area (Å²) >= 11 is 0. The van der Waals surface area contributed by atoms with E-state index >= 15 is 0 Å². The van der Waals surface area contributed by atoms with Crippen LogP contribution < -0.4 is 5.32 Å². The van der Waals surface area contributed by atoms with E-state index in [2.05, 4.69) is 31.3 Å². The van der Waals surface area contributed by atoms with Gasteiger partial charge in [-0.3, -0.25) is 9.59 Å². The predicted octanol–water partition coefficient (Wildman–Crippen LogP) is 19.2. The second kappa shape index (κ2) is 58.2. The van der Waals surface area contributed by atoms with Crippen molar-refractivity contribution in [1.29, 1.82) is 0 Å². The smallest absolute Gasteiger partial charge is 0.305 e. The molecule has 0 aliphatic rings. The molecule has 0 radical (unpaired) electrons. The van der Waals surface area contributed by atoms with Crippen molar-refractivity contribution in [2.75, 3.05) is 13.2 Å². The third-order valence-corrected chi connectivity index (χ3v) is 14.6. The minimum atomic E-state index is -0.666. The van der Waals surface area contributed by atoms with Crippen molar-refractivity contribution in [3.8, 4) is 0 Å². The fourth-order valence-corrected chi connectivity index (χ4v) is 9.81. The minimum absolute atomic E-state index is 0.00489. The number of hydrogen-bond acceptors (Lipinski definition) is 5. The molecule has 0 fully saturated rings. The Kier molecular flexibility index (Phi) is 57.0. The summed E-state index contributed by atoms with van der Waals surface area (Å²) in [6, 6.07) is -0.544. The largest absolute Gasteiger partial charge is 0.466 e. The third kappa shape index (κ3) is 53.9. The Hall–Kier alpha value is -1.40. The van der Waals surface area contributed by atoms with E-state index in [4.69, 9.17) is 4.74 Å². The number of allylic oxidation sites excluding steroid dienone is 2. The third-order valence-electron chi connectivity index (χ3n) is 14.6. The number of rotatable bonds is 58. The van der Waals surface area contributed by atoms with Crippen molar-refractivity contribution in [3.05, 3.63) is 12.2 Å². The van der Waals surface area contributed by atoms with E-state index in [0.717, 1.165) is 44.9 Å². The van der Waals surface area contributed by atoms with Crippen LogP contribution in [0, 0.1) is 0 Å². The monoisotopic (exact) mass is 960 g/mol. The van der Waals surface area contributed by atoms with Crippen LogP contribution >= 0.6 is 0 Å². The van der Waals surface area contributed by atoms with Crippen LogP contribution in [-0.4, -0.2) is 47.4 Å². The molecule has 0 saturated heterocycles. The van der Waals surface area contributed by atoms with Gasteiger partial charge in [0.2, 0.25) is 5.91 Å². The molecule has 0 aliphatic heterocycles. The lowest BCUT2D eigenvalue weighted by Gasteiger charge is -2.22. The molecule has 0 spiro atoms. The average Bonchev–Trinajstić information content (AvgIpc) is 3.34. The highest BCUT2D eigenvalue weighted by Gasteiger charge is 2.20. The molecule has 0 aromatic rings. The maximum Gasteiger partial charge on any atom is 0.305 e. The second-order valence-corrected chi connectivity index (χ2v) is 21.4. The summed E-state index contributed by atoms with van der Waals surface area (Å²) in [4.78, 5) is 24.6. The SMILES string of the molecule is CCCCCCCC/C=C\CCCCCCCCCC(=O)OCCCCCCCCCCCCCCCCCCCCC(=O)NC(CO)C(O)CCCCCCCCCCCCCCCCCC. The zero-order valence-corrected chi connectivity index (χ0v) is 46.1. The lowest BCUT2D eigenvalue weighted by molar-refractivity contribution is -0.143. The molecule has 0 bridgehead atoms. The van der Waals surface area contributed by atoms with Crippen LogP contribution in [-0.2, 0) is 14.3 Å². The molecule has 0 aliphatic carbocycles. The molecule has 6 nitrogen and oxygen atoms in total. The molecule has 0 aromatic heterocycles. The summed E-state index contributed by atoms with van der Waals surface area (Å²) in [5, 5.41) is 23.3. The van der Waals surface area contributed by atoms with Gasteiger partial charge in [-0.05, 0) is 51.4 Å². The number of aliphatic hydroxyl groups excluding tert-OH is 2. The van der Waals surface area contributed by atoms with E-state index < -0.39 is 12.1 Å². The van der Waals surface area contributed by atoms with Crippen molar-refractivity contribution in [2.24, 2.45) is 0 Å². The topological polar surface area (TPSA) is 95.9 Å². The van der Waals surface area contributed by atoms with Crippen molar-refractivity contribution in [1.82, 2.24) is 5.32 Å². The van der Waals surface area contributed by atoms with E-state index in [1.807, 2.05) is 0 Å². The standard InChI is InChI=1S/C62H121NO5/c1-3-5-7-9-11-13-15-17-19-23-28-32-36-40-44-48-52-56-62(67)68-57-53-49-45-41-37-33-29-25-22-21-24-27-31-35-39-43-47-51-55-61(66)63-59(58-64)60(65)54-50-46-42-38-34-30-26-20-18-16-14-12-10-8-6-4-2/h17,19,59-60,64-65H,3-16,18,20-58H2,1-2H3,(H,63,66)/b19-17-. The Morgan fingerprint density at radius 2 is 0.691 bits per heavy atom. The molecular formula is C62H121NO5. The minimum Gasteiger partial charge on any atom is -0.466 e. The molecule has 0 rings (SSSR count). The Labute approximate surface area is 425 Å². The number of carbonyl (C=O) groups is 2. The van der Waals surface area contributed by atoms with Gasteiger partial charge in [-0.2, -0.15) is 0 Å². The summed E-state index contributed by atoms with van der Waals surface area (Å²) in [5.74, 6) is -0.0314. The fraction of sp³-hybridized carbons (Fsp3) is 0.935. The Morgan fingerprint density at radius 3 is 1.04 bits per heavy atom. The van der Waals surface area contributed by atoms with Gasteiger partial charge in [-0.1, -0.05) is 296 Å². The number of esters is 1. The molecule has 2 atom stereocenters. The van der Waals surface area contributed by atoms with Gasteiger partial charge < -0.3 is 20.3 Å². The van der Waals surface area contributed by atoms with Crippen LogP contribution in [0.1, 0.15) is 348 Å². The summed E-state index contributed by atoms with van der Waals surface area (Å²) < 4.78 is 5.49. The van der Waals surface area contributed by atoms with Gasteiger partial charge in [0, 0.05) is 12.8 Å². The molecule has 404 valence electrons. The van der Waals surface area contributed by atoms with Crippen LogP contribution in [0.5, 0.6) is 0 Å². The van der Waals surface area contributed by atoms with Crippen LogP contribution in [0.2, 0.25) is 0 Å². The first-order valence-corrected chi connectivity index (χ1v) is 30.9. The molecule has 0 saturated carbocycles. The summed E-state index contributed by atoms with van der Waals surface area (Å²) in [5.41, 5.74) is 0. The van der Waals surface area contributed by atoms with Crippen LogP contribution in [0.15, 0.2) is 12.2 Å². The summed E-state index contributed by atoms with van der Waals surface area (Å²) in [6.07, 6.45) is 69.2. The Balaban J connectivity index is 3.39. The van der Waals surface area contributed by atoms with Gasteiger partial charge in [0.25, 0.3) is 0 Å². The highest BCUT2D eigenvalue weighted by Crippen LogP contribution is 2.18. The quantitative estimate of drug-likeness (QED) is 0.0321. The first-order valence-electron chi connectivity index (χ1n) is 30.9. The Morgan fingerprint density at radius 1 is 0.397 bits per heavy atom. The van der Waals surface area contributed by atoms with E-state index in [-0.39, 0.29) is 18.5 Å². The van der Waals surface area contributed by atoms with Crippen LogP contribution in [0.25, 0.3) is 0 Å².